The summed E-state index contributed by atoms with van der Waals surface area (Å²) in [6, 6.07) is 5.04. The summed E-state index contributed by atoms with van der Waals surface area (Å²) in [6.45, 7) is 1.72. The van der Waals surface area contributed by atoms with E-state index in [1.54, 1.807) is 25.1 Å². The van der Waals surface area contributed by atoms with Crippen molar-refractivity contribution >= 4 is 29.1 Å². The molecule has 0 aliphatic rings. The van der Waals surface area contributed by atoms with Gasteiger partial charge in [-0.25, -0.2) is 0 Å². The molecule has 0 spiro atoms. The van der Waals surface area contributed by atoms with Gasteiger partial charge in [0.1, 0.15) is 0 Å². The van der Waals surface area contributed by atoms with E-state index in [4.69, 9.17) is 28.9 Å². The Morgan fingerprint density at radius 2 is 2.00 bits per heavy atom. The van der Waals surface area contributed by atoms with Gasteiger partial charge in [-0.3, -0.25) is 4.79 Å². The normalized spacial score (nSPS) is 12.5. The van der Waals surface area contributed by atoms with Gasteiger partial charge in [0.2, 0.25) is 5.91 Å². The number of rotatable bonds is 2. The van der Waals surface area contributed by atoms with Crippen molar-refractivity contribution in [3.8, 4) is 0 Å². The van der Waals surface area contributed by atoms with E-state index in [1.165, 1.54) is 0 Å². The first-order valence-electron chi connectivity index (χ1n) is 3.76. The molecule has 0 radical (unpaired) electrons. The van der Waals surface area contributed by atoms with Gasteiger partial charge in [0.05, 0.1) is 16.0 Å². The van der Waals surface area contributed by atoms with Crippen LogP contribution in [-0.2, 0) is 4.79 Å². The minimum absolute atomic E-state index is 0.338. The van der Waals surface area contributed by atoms with Gasteiger partial charge in [0.25, 0.3) is 0 Å². The third-order valence-corrected chi connectivity index (χ3v) is 2.61. The van der Waals surface area contributed by atoms with Crippen molar-refractivity contribution in [3.05, 3.63) is 33.8 Å². The standard InChI is InChI=1S/C9H9Cl2NO/c1-5(9(12)13)6-2-3-7(10)8(11)4-6/h2-5H,1H3,(H2,12,13). The lowest BCUT2D eigenvalue weighted by atomic mass is 10.0. The predicted molar refractivity (Wildman–Crippen MR) is 54.1 cm³/mol. The Balaban J connectivity index is 3.03. The summed E-state index contributed by atoms with van der Waals surface area (Å²) in [6.07, 6.45) is 0. The van der Waals surface area contributed by atoms with Gasteiger partial charge in [-0.15, -0.1) is 0 Å². The fourth-order valence-electron chi connectivity index (χ4n) is 0.946. The van der Waals surface area contributed by atoms with Gasteiger partial charge >= 0.3 is 0 Å². The lowest BCUT2D eigenvalue weighted by Crippen LogP contribution is -2.18. The molecule has 1 aromatic carbocycles. The fraction of sp³-hybridized carbons (Fsp3) is 0.222. The van der Waals surface area contributed by atoms with Crippen LogP contribution in [0.25, 0.3) is 0 Å². The maximum absolute atomic E-state index is 10.8. The monoisotopic (exact) mass is 217 g/mol. The van der Waals surface area contributed by atoms with Crippen molar-refractivity contribution in [2.24, 2.45) is 5.73 Å². The molecule has 0 bridgehead atoms. The smallest absolute Gasteiger partial charge is 0.224 e. The number of primary amides is 1. The molecule has 2 N–H and O–H groups in total. The average Bonchev–Trinajstić information content (AvgIpc) is 2.08. The van der Waals surface area contributed by atoms with E-state index in [2.05, 4.69) is 0 Å². The van der Waals surface area contributed by atoms with E-state index < -0.39 is 0 Å². The highest BCUT2D eigenvalue weighted by Gasteiger charge is 2.12. The van der Waals surface area contributed by atoms with Crippen LogP contribution in [0.3, 0.4) is 0 Å². The molecule has 70 valence electrons. The Hall–Kier alpha value is -0.730. The fourth-order valence-corrected chi connectivity index (χ4v) is 1.25. The summed E-state index contributed by atoms with van der Waals surface area (Å²) >= 11 is 11.5. The Kier molecular flexibility index (Phi) is 3.17. The minimum Gasteiger partial charge on any atom is -0.369 e. The van der Waals surface area contributed by atoms with Crippen molar-refractivity contribution in [2.75, 3.05) is 0 Å². The van der Waals surface area contributed by atoms with Gasteiger partial charge in [-0.05, 0) is 24.6 Å². The summed E-state index contributed by atoms with van der Waals surface area (Å²) < 4.78 is 0. The molecule has 0 aromatic heterocycles. The average molecular weight is 218 g/mol. The second-order valence-electron chi connectivity index (χ2n) is 2.80. The quantitative estimate of drug-likeness (QED) is 0.814. The number of halogens is 2. The van der Waals surface area contributed by atoms with Gasteiger partial charge in [-0.2, -0.15) is 0 Å². The van der Waals surface area contributed by atoms with Crippen molar-refractivity contribution in [1.82, 2.24) is 0 Å². The molecule has 0 heterocycles. The van der Waals surface area contributed by atoms with Crippen LogP contribution in [0.2, 0.25) is 10.0 Å². The van der Waals surface area contributed by atoms with Gasteiger partial charge < -0.3 is 5.73 Å². The summed E-state index contributed by atoms with van der Waals surface area (Å²) in [4.78, 5) is 10.8. The van der Waals surface area contributed by atoms with E-state index in [0.29, 0.717) is 10.0 Å². The summed E-state index contributed by atoms with van der Waals surface area (Å²) in [5.41, 5.74) is 5.92. The number of benzene rings is 1. The molecule has 0 fully saturated rings. The summed E-state index contributed by atoms with van der Waals surface area (Å²) in [7, 11) is 0. The molecule has 1 amide bonds. The van der Waals surface area contributed by atoms with Crippen LogP contribution < -0.4 is 5.73 Å². The molecule has 0 aliphatic heterocycles. The zero-order chi connectivity index (χ0) is 10.0. The second kappa shape index (κ2) is 3.99. The zero-order valence-corrected chi connectivity index (χ0v) is 8.56. The molecular formula is C9H9Cl2NO. The largest absolute Gasteiger partial charge is 0.369 e. The summed E-state index contributed by atoms with van der Waals surface area (Å²) in [5.74, 6) is -0.715. The van der Waals surface area contributed by atoms with Crippen LogP contribution in [0, 0.1) is 0 Å². The lowest BCUT2D eigenvalue weighted by molar-refractivity contribution is -0.119. The first-order chi connectivity index (χ1) is 6.02. The molecule has 1 rings (SSSR count). The van der Waals surface area contributed by atoms with Gasteiger partial charge in [0, 0.05) is 0 Å². The number of hydrogen-bond acceptors (Lipinski definition) is 1. The number of nitrogens with two attached hydrogens (primary N) is 1. The lowest BCUT2D eigenvalue weighted by Gasteiger charge is -2.07. The number of carbonyl (C=O) groups excluding carboxylic acids is 1. The highest BCUT2D eigenvalue weighted by Crippen LogP contribution is 2.26. The molecule has 1 unspecified atom stereocenters. The van der Waals surface area contributed by atoms with Crippen LogP contribution in [0.15, 0.2) is 18.2 Å². The van der Waals surface area contributed by atoms with Crippen LogP contribution in [-0.4, -0.2) is 5.91 Å². The van der Waals surface area contributed by atoms with Crippen LogP contribution in [0.1, 0.15) is 18.4 Å². The van der Waals surface area contributed by atoms with Gasteiger partial charge in [-0.1, -0.05) is 29.3 Å². The second-order valence-corrected chi connectivity index (χ2v) is 3.61. The van der Waals surface area contributed by atoms with E-state index in [1.807, 2.05) is 0 Å². The third-order valence-electron chi connectivity index (χ3n) is 1.87. The van der Waals surface area contributed by atoms with E-state index in [-0.39, 0.29) is 11.8 Å². The van der Waals surface area contributed by atoms with Gasteiger partial charge in [0.15, 0.2) is 0 Å². The SMILES string of the molecule is CC(C(N)=O)c1ccc(Cl)c(Cl)c1. The zero-order valence-electron chi connectivity index (χ0n) is 7.05. The van der Waals surface area contributed by atoms with Crippen molar-refractivity contribution in [2.45, 2.75) is 12.8 Å². The van der Waals surface area contributed by atoms with Crippen molar-refractivity contribution < 1.29 is 4.79 Å². The molecule has 4 heteroatoms. The topological polar surface area (TPSA) is 43.1 Å². The molecule has 2 nitrogen and oxygen atoms in total. The number of hydrogen-bond donors (Lipinski definition) is 1. The highest BCUT2D eigenvalue weighted by molar-refractivity contribution is 6.42. The van der Waals surface area contributed by atoms with Crippen molar-refractivity contribution in [3.63, 3.8) is 0 Å². The molecule has 0 aliphatic carbocycles. The molecular weight excluding hydrogens is 209 g/mol. The summed E-state index contributed by atoms with van der Waals surface area (Å²) in [5, 5.41) is 0.911. The maximum Gasteiger partial charge on any atom is 0.224 e. The molecule has 0 saturated heterocycles. The Morgan fingerprint density at radius 3 is 2.46 bits per heavy atom. The Bertz CT molecular complexity index is 338. The molecule has 0 saturated carbocycles. The third kappa shape index (κ3) is 2.36. The molecule has 1 atom stereocenters. The Labute approximate surface area is 86.6 Å². The number of carbonyl (C=O) groups is 1. The molecule has 1 aromatic rings. The molecule has 13 heavy (non-hydrogen) atoms. The first-order valence-corrected chi connectivity index (χ1v) is 4.52. The maximum atomic E-state index is 10.8. The van der Waals surface area contributed by atoms with E-state index in [9.17, 15) is 4.79 Å². The van der Waals surface area contributed by atoms with Crippen LogP contribution >= 0.6 is 23.2 Å². The van der Waals surface area contributed by atoms with Crippen LogP contribution in [0.4, 0.5) is 0 Å². The predicted octanol–water partition coefficient (Wildman–Crippen LogP) is 2.58. The first kappa shape index (κ1) is 10.4. The Morgan fingerprint density at radius 1 is 1.38 bits per heavy atom. The van der Waals surface area contributed by atoms with Crippen LogP contribution in [0.5, 0.6) is 0 Å². The van der Waals surface area contributed by atoms with E-state index in [0.717, 1.165) is 5.56 Å². The van der Waals surface area contributed by atoms with Crippen molar-refractivity contribution in [1.29, 1.82) is 0 Å². The van der Waals surface area contributed by atoms with E-state index >= 15 is 0 Å². The number of amides is 1. The highest BCUT2D eigenvalue weighted by atomic mass is 35.5. The minimum atomic E-state index is -0.376.